The zero-order valence-electron chi connectivity index (χ0n) is 13.1. The fraction of sp³-hybridized carbons (Fsp3) is 0.333. The Hall–Kier alpha value is -2.40. The van der Waals surface area contributed by atoms with Crippen LogP contribution < -0.4 is 0 Å². The molecule has 1 atom stereocenters. The van der Waals surface area contributed by atoms with Crippen molar-refractivity contribution in [2.75, 3.05) is 6.54 Å². The van der Waals surface area contributed by atoms with Gasteiger partial charge in [-0.2, -0.15) is 4.98 Å². The standard InChI is InChI=1S/C18H19N3O2/c1-13-6-8-14(9-7-13)15-4-2-10-21(15)12-17-19-18(20-23-17)16-5-3-11-22-16/h3,5-9,11,15H,2,4,10,12H2,1H3. The summed E-state index contributed by atoms with van der Waals surface area (Å²) >= 11 is 0. The van der Waals surface area contributed by atoms with E-state index < -0.39 is 0 Å². The lowest BCUT2D eigenvalue weighted by Gasteiger charge is -2.23. The smallest absolute Gasteiger partial charge is 0.241 e. The third-order valence-electron chi connectivity index (χ3n) is 4.37. The van der Waals surface area contributed by atoms with E-state index in [0.29, 0.717) is 30.1 Å². The second kappa shape index (κ2) is 6.01. The van der Waals surface area contributed by atoms with Crippen LogP contribution in [0.5, 0.6) is 0 Å². The highest BCUT2D eigenvalue weighted by molar-refractivity contribution is 5.44. The highest BCUT2D eigenvalue weighted by Gasteiger charge is 2.27. The van der Waals surface area contributed by atoms with Gasteiger partial charge in [0.1, 0.15) is 0 Å². The Morgan fingerprint density at radius 2 is 2.09 bits per heavy atom. The summed E-state index contributed by atoms with van der Waals surface area (Å²) in [5.41, 5.74) is 2.65. The molecule has 0 saturated carbocycles. The molecule has 5 heteroatoms. The van der Waals surface area contributed by atoms with Gasteiger partial charge in [-0.3, -0.25) is 4.90 Å². The van der Waals surface area contributed by atoms with Crippen molar-refractivity contribution in [1.82, 2.24) is 15.0 Å². The number of benzene rings is 1. The number of hydrogen-bond donors (Lipinski definition) is 0. The van der Waals surface area contributed by atoms with Gasteiger partial charge in [0.25, 0.3) is 0 Å². The molecule has 0 N–H and O–H groups in total. The van der Waals surface area contributed by atoms with Gasteiger partial charge >= 0.3 is 0 Å². The van der Waals surface area contributed by atoms with E-state index in [2.05, 4.69) is 46.2 Å². The molecule has 3 aromatic rings. The number of aryl methyl sites for hydroxylation is 1. The molecule has 0 spiro atoms. The summed E-state index contributed by atoms with van der Waals surface area (Å²) in [4.78, 5) is 6.85. The first-order valence-corrected chi connectivity index (χ1v) is 7.97. The molecule has 1 fully saturated rings. The van der Waals surface area contributed by atoms with Crippen molar-refractivity contribution in [2.24, 2.45) is 0 Å². The van der Waals surface area contributed by atoms with Gasteiger partial charge in [0.05, 0.1) is 12.8 Å². The first-order chi connectivity index (χ1) is 11.3. The second-order valence-corrected chi connectivity index (χ2v) is 6.03. The van der Waals surface area contributed by atoms with Crippen molar-refractivity contribution >= 4 is 0 Å². The topological polar surface area (TPSA) is 55.3 Å². The highest BCUT2D eigenvalue weighted by Crippen LogP contribution is 2.33. The molecule has 5 nitrogen and oxygen atoms in total. The molecular weight excluding hydrogens is 290 g/mol. The molecule has 23 heavy (non-hydrogen) atoms. The number of aromatic nitrogens is 2. The van der Waals surface area contributed by atoms with E-state index in [-0.39, 0.29) is 0 Å². The maximum absolute atomic E-state index is 5.39. The second-order valence-electron chi connectivity index (χ2n) is 6.03. The summed E-state index contributed by atoms with van der Waals surface area (Å²) in [6.07, 6.45) is 3.97. The number of hydrogen-bond acceptors (Lipinski definition) is 5. The molecule has 1 aliphatic heterocycles. The molecule has 1 saturated heterocycles. The molecule has 1 aromatic carbocycles. The Bertz CT molecular complexity index is 762. The van der Waals surface area contributed by atoms with Crippen LogP contribution in [0.4, 0.5) is 0 Å². The zero-order chi connectivity index (χ0) is 15.6. The minimum absolute atomic E-state index is 0.426. The lowest BCUT2D eigenvalue weighted by molar-refractivity contribution is 0.212. The van der Waals surface area contributed by atoms with Crippen molar-refractivity contribution in [3.05, 3.63) is 59.7 Å². The van der Waals surface area contributed by atoms with Gasteiger partial charge in [0.15, 0.2) is 5.76 Å². The van der Waals surface area contributed by atoms with Crippen molar-refractivity contribution in [2.45, 2.75) is 32.4 Å². The van der Waals surface area contributed by atoms with Crippen LogP contribution in [0.15, 0.2) is 51.6 Å². The van der Waals surface area contributed by atoms with E-state index in [1.807, 2.05) is 12.1 Å². The van der Waals surface area contributed by atoms with Gasteiger partial charge in [-0.25, -0.2) is 0 Å². The molecule has 118 valence electrons. The molecule has 1 unspecified atom stereocenters. The fourth-order valence-corrected chi connectivity index (χ4v) is 3.18. The van der Waals surface area contributed by atoms with E-state index in [1.54, 1.807) is 6.26 Å². The summed E-state index contributed by atoms with van der Waals surface area (Å²) < 4.78 is 10.7. The fourth-order valence-electron chi connectivity index (χ4n) is 3.18. The Labute approximate surface area is 134 Å². The lowest BCUT2D eigenvalue weighted by Crippen LogP contribution is -2.22. The molecule has 3 heterocycles. The van der Waals surface area contributed by atoms with E-state index in [1.165, 1.54) is 24.0 Å². The van der Waals surface area contributed by atoms with Crippen LogP contribution in [-0.4, -0.2) is 21.6 Å². The number of likely N-dealkylation sites (tertiary alicyclic amines) is 1. The normalized spacial score (nSPS) is 18.6. The largest absolute Gasteiger partial charge is 0.461 e. The maximum atomic E-state index is 5.39. The molecular formula is C18H19N3O2. The van der Waals surface area contributed by atoms with Crippen molar-refractivity contribution in [3.63, 3.8) is 0 Å². The Morgan fingerprint density at radius 3 is 2.87 bits per heavy atom. The van der Waals surface area contributed by atoms with Gasteiger partial charge < -0.3 is 8.94 Å². The van der Waals surface area contributed by atoms with Gasteiger partial charge in [-0.15, -0.1) is 0 Å². The average molecular weight is 309 g/mol. The third-order valence-corrected chi connectivity index (χ3v) is 4.37. The summed E-state index contributed by atoms with van der Waals surface area (Å²) in [7, 11) is 0. The lowest BCUT2D eigenvalue weighted by atomic mass is 10.0. The summed E-state index contributed by atoms with van der Waals surface area (Å²) in [5, 5.41) is 4.00. The van der Waals surface area contributed by atoms with Crippen LogP contribution in [0.25, 0.3) is 11.6 Å². The summed E-state index contributed by atoms with van der Waals surface area (Å²) in [6.45, 7) is 3.84. The monoisotopic (exact) mass is 309 g/mol. The molecule has 0 radical (unpaired) electrons. The number of furan rings is 1. The van der Waals surface area contributed by atoms with Crippen LogP contribution in [0.3, 0.4) is 0 Å². The number of rotatable bonds is 4. The van der Waals surface area contributed by atoms with Crippen LogP contribution in [0, 0.1) is 6.92 Å². The van der Waals surface area contributed by atoms with E-state index in [0.717, 1.165) is 6.54 Å². The Kier molecular flexibility index (Phi) is 3.71. The van der Waals surface area contributed by atoms with Crippen molar-refractivity contribution in [3.8, 4) is 11.6 Å². The predicted molar refractivity (Wildman–Crippen MR) is 85.6 cm³/mol. The first-order valence-electron chi connectivity index (χ1n) is 7.97. The molecule has 4 rings (SSSR count). The Balaban J connectivity index is 1.50. The van der Waals surface area contributed by atoms with Crippen LogP contribution in [0.1, 0.15) is 35.9 Å². The highest BCUT2D eigenvalue weighted by atomic mass is 16.5. The molecule has 0 aliphatic carbocycles. The zero-order valence-corrected chi connectivity index (χ0v) is 13.1. The third kappa shape index (κ3) is 2.92. The van der Waals surface area contributed by atoms with Crippen LogP contribution in [0.2, 0.25) is 0 Å². The molecule has 1 aliphatic rings. The van der Waals surface area contributed by atoms with Gasteiger partial charge in [-0.05, 0) is 44.0 Å². The average Bonchev–Trinajstić information content (AvgIpc) is 3.29. The van der Waals surface area contributed by atoms with Gasteiger partial charge in [0.2, 0.25) is 11.7 Å². The first kappa shape index (κ1) is 14.2. The van der Waals surface area contributed by atoms with Crippen LogP contribution in [-0.2, 0) is 6.54 Å². The molecule has 0 bridgehead atoms. The summed E-state index contributed by atoms with van der Waals surface area (Å²) in [5.74, 6) is 1.78. The maximum Gasteiger partial charge on any atom is 0.241 e. The minimum atomic E-state index is 0.426. The van der Waals surface area contributed by atoms with E-state index in [4.69, 9.17) is 8.94 Å². The molecule has 0 amide bonds. The van der Waals surface area contributed by atoms with E-state index in [9.17, 15) is 0 Å². The molecule has 2 aromatic heterocycles. The van der Waals surface area contributed by atoms with Gasteiger partial charge in [0, 0.05) is 6.04 Å². The Morgan fingerprint density at radius 1 is 1.22 bits per heavy atom. The van der Waals surface area contributed by atoms with E-state index >= 15 is 0 Å². The minimum Gasteiger partial charge on any atom is -0.461 e. The summed E-state index contributed by atoms with van der Waals surface area (Å²) in [6, 6.07) is 12.9. The van der Waals surface area contributed by atoms with Crippen molar-refractivity contribution < 1.29 is 8.94 Å². The SMILES string of the molecule is Cc1ccc(C2CCCN2Cc2nc(-c3ccco3)no2)cc1. The van der Waals surface area contributed by atoms with Crippen LogP contribution >= 0.6 is 0 Å². The number of nitrogens with zero attached hydrogens (tertiary/aromatic N) is 3. The van der Waals surface area contributed by atoms with Crippen molar-refractivity contribution in [1.29, 1.82) is 0 Å². The van der Waals surface area contributed by atoms with Gasteiger partial charge in [-0.1, -0.05) is 35.0 Å². The predicted octanol–water partition coefficient (Wildman–Crippen LogP) is 3.98. The quantitative estimate of drug-likeness (QED) is 0.729.